The maximum Gasteiger partial charge on any atom is 0.0794 e. The molecule has 2 aromatic rings. The first-order chi connectivity index (χ1) is 14.1. The van der Waals surface area contributed by atoms with Crippen LogP contribution in [0.1, 0.15) is 42.6 Å². The average Bonchev–Trinajstić information content (AvgIpc) is 3.05. The second-order valence-electron chi connectivity index (χ2n) is 9.33. The summed E-state index contributed by atoms with van der Waals surface area (Å²) in [5.74, 6) is 0. The minimum atomic E-state index is -0.258. The van der Waals surface area contributed by atoms with Gasteiger partial charge in [0.2, 0.25) is 0 Å². The molecule has 1 aromatic heterocycles. The number of aromatic nitrogens is 1. The highest BCUT2D eigenvalue weighted by Crippen LogP contribution is 2.42. The lowest BCUT2D eigenvalue weighted by Gasteiger charge is -2.41. The molecular formula is C24H36N4O. The zero-order valence-electron chi connectivity index (χ0n) is 18.1. The van der Waals surface area contributed by atoms with Gasteiger partial charge in [-0.1, -0.05) is 18.6 Å². The summed E-state index contributed by atoms with van der Waals surface area (Å²) < 4.78 is 2.58. The van der Waals surface area contributed by atoms with E-state index in [4.69, 9.17) is 0 Å². The lowest BCUT2D eigenvalue weighted by atomic mass is 9.89. The van der Waals surface area contributed by atoms with Gasteiger partial charge >= 0.3 is 0 Å². The van der Waals surface area contributed by atoms with Gasteiger partial charge in [0.15, 0.2) is 0 Å². The van der Waals surface area contributed by atoms with Crippen LogP contribution in [0, 0.1) is 6.92 Å². The number of β-amino-alcohol motifs (C(OH)–C–C–N with tert-alkyl or cyclic N) is 1. The van der Waals surface area contributed by atoms with E-state index in [1.807, 2.05) is 0 Å². The van der Waals surface area contributed by atoms with Crippen LogP contribution in [0.2, 0.25) is 0 Å². The van der Waals surface area contributed by atoms with Gasteiger partial charge in [0.1, 0.15) is 0 Å². The van der Waals surface area contributed by atoms with E-state index in [0.717, 1.165) is 58.9 Å². The van der Waals surface area contributed by atoms with Gasteiger partial charge in [-0.3, -0.25) is 9.80 Å². The van der Waals surface area contributed by atoms with Gasteiger partial charge in [-0.05, 0) is 50.4 Å². The van der Waals surface area contributed by atoms with Crippen LogP contribution in [0.3, 0.4) is 0 Å². The van der Waals surface area contributed by atoms with Crippen molar-refractivity contribution in [3.05, 3.63) is 35.0 Å². The number of nitrogens with zero attached hydrogens (tertiary/aromatic N) is 4. The molecule has 0 bridgehead atoms. The van der Waals surface area contributed by atoms with E-state index in [0.29, 0.717) is 6.04 Å². The highest BCUT2D eigenvalue weighted by atomic mass is 16.3. The smallest absolute Gasteiger partial charge is 0.0794 e. The average molecular weight is 397 g/mol. The Morgan fingerprint density at radius 3 is 2.62 bits per heavy atom. The van der Waals surface area contributed by atoms with E-state index in [2.05, 4.69) is 51.3 Å². The Balaban J connectivity index is 1.31. The van der Waals surface area contributed by atoms with Crippen molar-refractivity contribution < 1.29 is 5.11 Å². The third kappa shape index (κ3) is 3.63. The highest BCUT2D eigenvalue weighted by Gasteiger charge is 2.35. The third-order valence-electron chi connectivity index (χ3n) is 7.47. The monoisotopic (exact) mass is 396 g/mol. The fourth-order valence-electron chi connectivity index (χ4n) is 5.92. The molecule has 1 fully saturated rings. The molecule has 0 amide bonds. The Morgan fingerprint density at radius 1 is 1.03 bits per heavy atom. The van der Waals surface area contributed by atoms with Crippen molar-refractivity contribution in [3.63, 3.8) is 0 Å². The lowest BCUT2D eigenvalue weighted by molar-refractivity contribution is 0.0296. The van der Waals surface area contributed by atoms with Crippen LogP contribution in [0.5, 0.6) is 0 Å². The number of hydrogen-bond acceptors (Lipinski definition) is 4. The van der Waals surface area contributed by atoms with Gasteiger partial charge in [-0.25, -0.2) is 0 Å². The maximum atomic E-state index is 10.9. The molecule has 3 aliphatic rings. The van der Waals surface area contributed by atoms with E-state index >= 15 is 0 Å². The third-order valence-corrected chi connectivity index (χ3v) is 7.47. The summed E-state index contributed by atoms with van der Waals surface area (Å²) in [6.45, 7) is 13.7. The van der Waals surface area contributed by atoms with E-state index in [1.54, 1.807) is 11.3 Å². The van der Waals surface area contributed by atoms with Crippen LogP contribution in [0.4, 0.5) is 0 Å². The number of fused-ring (bicyclic) bond motifs is 3. The summed E-state index contributed by atoms with van der Waals surface area (Å²) in [7, 11) is 0. The maximum absolute atomic E-state index is 10.9. The predicted octanol–water partition coefficient (Wildman–Crippen LogP) is 2.64. The first kappa shape index (κ1) is 19.6. The number of rotatable bonds is 5. The second kappa shape index (κ2) is 8.03. The molecule has 0 radical (unpaired) electrons. The molecule has 2 aliphatic heterocycles. The van der Waals surface area contributed by atoms with Crippen LogP contribution in [0.25, 0.3) is 10.9 Å². The zero-order valence-corrected chi connectivity index (χ0v) is 18.1. The molecule has 0 spiro atoms. The predicted molar refractivity (Wildman–Crippen MR) is 118 cm³/mol. The summed E-state index contributed by atoms with van der Waals surface area (Å²) in [4.78, 5) is 7.53. The summed E-state index contributed by atoms with van der Waals surface area (Å²) in [5.41, 5.74) is 5.90. The van der Waals surface area contributed by atoms with Gasteiger partial charge in [0, 0.05) is 69.0 Å². The van der Waals surface area contributed by atoms with E-state index < -0.39 is 0 Å². The normalized spacial score (nSPS) is 24.7. The molecule has 1 saturated heterocycles. The van der Waals surface area contributed by atoms with Crippen LogP contribution in [-0.4, -0.2) is 82.8 Å². The SMILES string of the molecule is CCN1CCN(C[C@@H](O)CN2CCn3c4c(c5cc(C)ccc53)CCC[C@@H]42)CC1. The molecule has 1 aliphatic carbocycles. The van der Waals surface area contributed by atoms with Gasteiger partial charge in [-0.15, -0.1) is 0 Å². The standard InChI is InChI=1S/C24H36N4O/c1-3-25-9-11-26(12-10-25)16-19(29)17-27-13-14-28-22-8-7-18(2)15-21(22)20-5-4-6-23(27)24(20)28/h7-8,15,19,23,29H,3-6,9-14,16-17H2,1-2H3/t19-,23+/m1/s1. The Morgan fingerprint density at radius 2 is 1.83 bits per heavy atom. The Labute approximate surface area is 174 Å². The Bertz CT molecular complexity index is 867. The molecule has 1 N–H and O–H groups in total. The molecule has 5 heteroatoms. The van der Waals surface area contributed by atoms with Crippen molar-refractivity contribution in [1.82, 2.24) is 19.3 Å². The lowest BCUT2D eigenvalue weighted by Crippen LogP contribution is -2.51. The first-order valence-corrected chi connectivity index (χ1v) is 11.6. The highest BCUT2D eigenvalue weighted by molar-refractivity contribution is 5.87. The summed E-state index contributed by atoms with van der Waals surface area (Å²) in [6, 6.07) is 7.43. The van der Waals surface area contributed by atoms with E-state index in [-0.39, 0.29) is 6.10 Å². The summed E-state index contributed by atoms with van der Waals surface area (Å²) >= 11 is 0. The van der Waals surface area contributed by atoms with Gasteiger partial charge in [-0.2, -0.15) is 0 Å². The molecule has 5 nitrogen and oxygen atoms in total. The fourth-order valence-corrected chi connectivity index (χ4v) is 5.92. The molecule has 1 aromatic carbocycles. The van der Waals surface area contributed by atoms with Crippen molar-refractivity contribution in [2.75, 3.05) is 52.4 Å². The number of aryl methyl sites for hydroxylation is 2. The minimum Gasteiger partial charge on any atom is -0.390 e. The topological polar surface area (TPSA) is 34.9 Å². The van der Waals surface area contributed by atoms with Gasteiger partial charge in [0.05, 0.1) is 12.1 Å². The van der Waals surface area contributed by atoms with Crippen molar-refractivity contribution in [2.24, 2.45) is 0 Å². The van der Waals surface area contributed by atoms with Crippen LogP contribution < -0.4 is 0 Å². The van der Waals surface area contributed by atoms with Crippen LogP contribution in [-0.2, 0) is 13.0 Å². The zero-order chi connectivity index (χ0) is 20.0. The largest absolute Gasteiger partial charge is 0.390 e. The number of benzene rings is 1. The van der Waals surface area contributed by atoms with Crippen molar-refractivity contribution in [3.8, 4) is 0 Å². The quantitative estimate of drug-likeness (QED) is 0.843. The first-order valence-electron chi connectivity index (χ1n) is 11.6. The Hall–Kier alpha value is -1.40. The van der Waals surface area contributed by atoms with Crippen LogP contribution in [0.15, 0.2) is 18.2 Å². The summed E-state index contributed by atoms with van der Waals surface area (Å²) in [5, 5.41) is 12.4. The molecule has 29 heavy (non-hydrogen) atoms. The molecule has 2 atom stereocenters. The molecular weight excluding hydrogens is 360 g/mol. The Kier molecular flexibility index (Phi) is 5.41. The molecule has 158 valence electrons. The fraction of sp³-hybridized carbons (Fsp3) is 0.667. The van der Waals surface area contributed by atoms with Gasteiger partial charge in [0.25, 0.3) is 0 Å². The number of aliphatic hydroxyl groups excluding tert-OH is 1. The van der Waals surface area contributed by atoms with Crippen molar-refractivity contribution >= 4 is 10.9 Å². The number of aliphatic hydroxyl groups is 1. The number of hydrogen-bond donors (Lipinski definition) is 1. The van der Waals surface area contributed by atoms with E-state index in [1.165, 1.54) is 35.7 Å². The number of likely N-dealkylation sites (N-methyl/N-ethyl adjacent to an activating group) is 1. The molecule has 0 saturated carbocycles. The van der Waals surface area contributed by atoms with Crippen molar-refractivity contribution in [2.45, 2.75) is 51.8 Å². The molecule has 0 unspecified atom stereocenters. The number of piperazine rings is 1. The minimum absolute atomic E-state index is 0.258. The summed E-state index contributed by atoms with van der Waals surface area (Å²) in [6.07, 6.45) is 3.43. The van der Waals surface area contributed by atoms with E-state index in [9.17, 15) is 5.11 Å². The second-order valence-corrected chi connectivity index (χ2v) is 9.33. The van der Waals surface area contributed by atoms with Gasteiger partial charge < -0.3 is 14.6 Å². The molecule has 3 heterocycles. The van der Waals surface area contributed by atoms with Crippen molar-refractivity contribution in [1.29, 1.82) is 0 Å². The van der Waals surface area contributed by atoms with Crippen LogP contribution >= 0.6 is 0 Å². The molecule has 5 rings (SSSR count).